The summed E-state index contributed by atoms with van der Waals surface area (Å²) in [5.74, 6) is -1.57. The molecule has 0 heterocycles. The van der Waals surface area contributed by atoms with Crippen molar-refractivity contribution in [2.45, 2.75) is 57.3 Å². The van der Waals surface area contributed by atoms with Gasteiger partial charge in [-0.15, -0.1) is 0 Å². The van der Waals surface area contributed by atoms with Crippen LogP contribution in [0.5, 0.6) is 0 Å². The highest BCUT2D eigenvalue weighted by Crippen LogP contribution is 2.20. The monoisotopic (exact) mass is 386 g/mol. The Morgan fingerprint density at radius 3 is 1.96 bits per heavy atom. The summed E-state index contributed by atoms with van der Waals surface area (Å²) in [5.41, 5.74) is -0.360. The topological polar surface area (TPSA) is 107 Å². The van der Waals surface area contributed by atoms with Crippen LogP contribution in [0.25, 0.3) is 0 Å². The number of hydrogen-bond acceptors (Lipinski definition) is 6. The molecule has 0 bridgehead atoms. The van der Waals surface area contributed by atoms with Crippen LogP contribution in [0.1, 0.15) is 73.1 Å². The summed E-state index contributed by atoms with van der Waals surface area (Å²) in [7, 11) is -4.63. The zero-order chi connectivity index (χ0) is 19.6. The van der Waals surface area contributed by atoms with Gasteiger partial charge >= 0.3 is 11.9 Å². The fourth-order valence-corrected chi connectivity index (χ4v) is 2.90. The van der Waals surface area contributed by atoms with Crippen molar-refractivity contribution >= 4 is 22.1 Å². The first-order chi connectivity index (χ1) is 12.3. The number of carbonyl (C=O) groups excluding carboxylic acids is 2. The van der Waals surface area contributed by atoms with Gasteiger partial charge in [0.1, 0.15) is 4.90 Å². The summed E-state index contributed by atoms with van der Waals surface area (Å²) >= 11 is 0. The van der Waals surface area contributed by atoms with E-state index in [2.05, 4.69) is 0 Å². The first-order valence-corrected chi connectivity index (χ1v) is 10.2. The van der Waals surface area contributed by atoms with Gasteiger partial charge in [0, 0.05) is 0 Å². The third-order valence-corrected chi connectivity index (χ3v) is 4.59. The lowest BCUT2D eigenvalue weighted by molar-refractivity contribution is 0.0492. The highest BCUT2D eigenvalue weighted by molar-refractivity contribution is 7.86. The molecule has 0 radical (unpaired) electrons. The Bertz CT molecular complexity index is 710. The van der Waals surface area contributed by atoms with E-state index >= 15 is 0 Å². The van der Waals surface area contributed by atoms with Crippen molar-refractivity contribution < 1.29 is 32.0 Å². The van der Waals surface area contributed by atoms with Gasteiger partial charge in [0.05, 0.1) is 24.3 Å². The van der Waals surface area contributed by atoms with E-state index in [1.807, 2.05) is 13.8 Å². The number of benzene rings is 1. The van der Waals surface area contributed by atoms with E-state index in [0.29, 0.717) is 6.42 Å². The second-order valence-corrected chi connectivity index (χ2v) is 7.26. The largest absolute Gasteiger partial charge is 0.462 e. The van der Waals surface area contributed by atoms with Crippen LogP contribution in [0.2, 0.25) is 0 Å². The molecule has 0 unspecified atom stereocenters. The van der Waals surface area contributed by atoms with Crippen molar-refractivity contribution in [3.8, 4) is 0 Å². The predicted molar refractivity (Wildman–Crippen MR) is 95.9 cm³/mol. The minimum absolute atomic E-state index is 0.0226. The van der Waals surface area contributed by atoms with E-state index in [1.165, 1.54) is 6.07 Å². The van der Waals surface area contributed by atoms with Crippen LogP contribution in [-0.4, -0.2) is 38.1 Å². The summed E-state index contributed by atoms with van der Waals surface area (Å²) in [6, 6.07) is 3.27. The van der Waals surface area contributed by atoms with Crippen molar-refractivity contribution in [2.24, 2.45) is 0 Å². The van der Waals surface area contributed by atoms with Crippen molar-refractivity contribution in [1.29, 1.82) is 0 Å². The molecule has 0 aliphatic heterocycles. The third-order valence-electron chi connectivity index (χ3n) is 3.68. The molecule has 0 aliphatic rings. The Labute approximate surface area is 154 Å². The summed E-state index contributed by atoms with van der Waals surface area (Å²) in [6.45, 7) is 4.38. The van der Waals surface area contributed by atoms with Crippen LogP contribution in [0.3, 0.4) is 0 Å². The summed E-state index contributed by atoms with van der Waals surface area (Å²) in [6.07, 6.45) is 5.06. The first kappa shape index (κ1) is 22.1. The fraction of sp³-hybridized carbons (Fsp3) is 0.556. The standard InChI is InChI=1S/C18H26O7S/c1-3-5-7-11-24-17(19)14-9-10-16(26(21,22)23)15(13-14)18(20)25-12-8-6-4-2/h9-10,13H,3-8,11-12H2,1-2H3,(H,21,22,23). The second kappa shape index (κ2) is 10.9. The number of hydrogen-bond donors (Lipinski definition) is 1. The maximum Gasteiger partial charge on any atom is 0.339 e. The molecule has 146 valence electrons. The number of unbranched alkanes of at least 4 members (excludes halogenated alkanes) is 4. The normalized spacial score (nSPS) is 11.2. The molecule has 1 N–H and O–H groups in total. The molecule has 1 rings (SSSR count). The lowest BCUT2D eigenvalue weighted by atomic mass is 10.1. The minimum Gasteiger partial charge on any atom is -0.462 e. The van der Waals surface area contributed by atoms with Crippen molar-refractivity contribution in [3.05, 3.63) is 29.3 Å². The molecular formula is C18H26O7S. The van der Waals surface area contributed by atoms with Crippen LogP contribution >= 0.6 is 0 Å². The Morgan fingerprint density at radius 2 is 1.46 bits per heavy atom. The molecular weight excluding hydrogens is 360 g/mol. The SMILES string of the molecule is CCCCCOC(=O)c1ccc(S(=O)(=O)O)c(C(=O)OCCCCC)c1. The minimum atomic E-state index is -4.63. The van der Waals surface area contributed by atoms with Gasteiger partial charge in [-0.3, -0.25) is 4.55 Å². The molecule has 0 fully saturated rings. The average Bonchev–Trinajstić information content (AvgIpc) is 2.60. The molecule has 1 aromatic carbocycles. The van der Waals surface area contributed by atoms with Gasteiger partial charge in [0.2, 0.25) is 0 Å². The Kier molecular flexibility index (Phi) is 9.29. The zero-order valence-corrected chi connectivity index (χ0v) is 16.0. The van der Waals surface area contributed by atoms with Crippen LogP contribution < -0.4 is 0 Å². The van der Waals surface area contributed by atoms with E-state index in [4.69, 9.17) is 9.47 Å². The quantitative estimate of drug-likeness (QED) is 0.351. The highest BCUT2D eigenvalue weighted by Gasteiger charge is 2.24. The van der Waals surface area contributed by atoms with Gasteiger partial charge in [-0.1, -0.05) is 39.5 Å². The lowest BCUT2D eigenvalue weighted by Gasteiger charge is -2.10. The van der Waals surface area contributed by atoms with E-state index < -0.39 is 27.0 Å². The van der Waals surface area contributed by atoms with Gasteiger partial charge in [-0.05, 0) is 31.0 Å². The number of ether oxygens (including phenoxy) is 2. The van der Waals surface area contributed by atoms with Crippen molar-refractivity contribution in [1.82, 2.24) is 0 Å². The highest BCUT2D eigenvalue weighted by atomic mass is 32.2. The van der Waals surface area contributed by atoms with Gasteiger partial charge in [-0.25, -0.2) is 9.59 Å². The molecule has 26 heavy (non-hydrogen) atoms. The van der Waals surface area contributed by atoms with E-state index in [-0.39, 0.29) is 24.3 Å². The maximum atomic E-state index is 12.2. The zero-order valence-electron chi connectivity index (χ0n) is 15.2. The van der Waals surface area contributed by atoms with E-state index in [9.17, 15) is 22.6 Å². The molecule has 0 aromatic heterocycles. The average molecular weight is 386 g/mol. The molecule has 0 aliphatic carbocycles. The van der Waals surface area contributed by atoms with Crippen molar-refractivity contribution in [3.63, 3.8) is 0 Å². The van der Waals surface area contributed by atoms with Gasteiger partial charge in [-0.2, -0.15) is 8.42 Å². The molecule has 0 saturated carbocycles. The molecule has 1 aromatic rings. The molecule has 0 atom stereocenters. The predicted octanol–water partition coefficient (Wildman–Crippen LogP) is 3.63. The first-order valence-electron chi connectivity index (χ1n) is 8.77. The van der Waals surface area contributed by atoms with Crippen LogP contribution in [0.4, 0.5) is 0 Å². The van der Waals surface area contributed by atoms with E-state index in [0.717, 1.165) is 44.2 Å². The number of rotatable bonds is 11. The Balaban J connectivity index is 2.96. The molecule has 0 saturated heterocycles. The van der Waals surface area contributed by atoms with Gasteiger partial charge in [0.15, 0.2) is 0 Å². The smallest absolute Gasteiger partial charge is 0.339 e. The van der Waals surface area contributed by atoms with Gasteiger partial charge < -0.3 is 9.47 Å². The number of esters is 2. The molecule has 0 amide bonds. The van der Waals surface area contributed by atoms with E-state index in [1.54, 1.807) is 0 Å². The van der Waals surface area contributed by atoms with Gasteiger partial charge in [0.25, 0.3) is 10.1 Å². The number of carbonyl (C=O) groups is 2. The van der Waals surface area contributed by atoms with Crippen LogP contribution in [0.15, 0.2) is 23.1 Å². The molecule has 7 nitrogen and oxygen atoms in total. The van der Waals surface area contributed by atoms with Crippen molar-refractivity contribution in [2.75, 3.05) is 13.2 Å². The molecule has 0 spiro atoms. The third kappa shape index (κ3) is 7.13. The van der Waals surface area contributed by atoms with Crippen LogP contribution in [-0.2, 0) is 19.6 Å². The Hall–Kier alpha value is -1.93. The maximum absolute atomic E-state index is 12.2. The Morgan fingerprint density at radius 1 is 0.923 bits per heavy atom. The fourth-order valence-electron chi connectivity index (χ4n) is 2.24. The molecule has 8 heteroatoms. The summed E-state index contributed by atoms with van der Waals surface area (Å²) < 4.78 is 42.4. The second-order valence-electron chi connectivity index (χ2n) is 5.87. The summed E-state index contributed by atoms with van der Waals surface area (Å²) in [4.78, 5) is 23.7. The summed E-state index contributed by atoms with van der Waals surface area (Å²) in [5, 5.41) is 0. The van der Waals surface area contributed by atoms with Crippen LogP contribution in [0, 0.1) is 0 Å². The lowest BCUT2D eigenvalue weighted by Crippen LogP contribution is -2.15.